The minimum Gasteiger partial charge on any atom is -0.359 e. The van der Waals surface area contributed by atoms with Crippen LogP contribution in [-0.4, -0.2) is 28.5 Å². The zero-order valence-electron chi connectivity index (χ0n) is 15.9. The van der Waals surface area contributed by atoms with Crippen molar-refractivity contribution < 1.29 is 13.2 Å². The smallest absolute Gasteiger partial charge is 0.242 e. The zero-order chi connectivity index (χ0) is 24.1. The minimum atomic E-state index is -4.37. The van der Waals surface area contributed by atoms with Crippen molar-refractivity contribution in [2.45, 2.75) is 26.1 Å². The highest BCUT2D eigenvalue weighted by Gasteiger charge is 2.71. The van der Waals surface area contributed by atoms with Gasteiger partial charge in [0.2, 0.25) is 24.5 Å². The Balaban J connectivity index is 2.27. The van der Waals surface area contributed by atoms with Crippen molar-refractivity contribution >= 4 is 103 Å². The number of hydrogen-bond donors (Lipinski definition) is 2. The molecule has 32 heavy (non-hydrogen) atoms. The molecule has 172 valence electrons. The highest BCUT2D eigenvalue weighted by atomic mass is 35.5. The molecule has 3 rings (SSSR count). The SMILES string of the molecule is Cc1ccc(S(=O)(=O)N[C@]2(Nc3ccc(Cl)cc3)C(Cl)=C(Cl)C(=O)C(Cl)(Cl)C2(Cl)Cl)cc1. The van der Waals surface area contributed by atoms with Gasteiger partial charge in [0.25, 0.3) is 0 Å². The van der Waals surface area contributed by atoms with E-state index in [1.165, 1.54) is 36.4 Å². The van der Waals surface area contributed by atoms with Gasteiger partial charge in [-0.3, -0.25) is 4.79 Å². The maximum atomic E-state index is 13.3. The van der Waals surface area contributed by atoms with E-state index in [-0.39, 0.29) is 10.6 Å². The van der Waals surface area contributed by atoms with E-state index in [4.69, 9.17) is 81.2 Å². The first-order valence-corrected chi connectivity index (χ1v) is 12.8. The van der Waals surface area contributed by atoms with Gasteiger partial charge in [-0.05, 0) is 43.3 Å². The average Bonchev–Trinajstić information content (AvgIpc) is 2.72. The molecule has 0 aliphatic heterocycles. The molecule has 13 heteroatoms. The molecule has 2 aromatic rings. The molecule has 1 aliphatic carbocycles. The van der Waals surface area contributed by atoms with Gasteiger partial charge in [-0.2, -0.15) is 4.72 Å². The molecule has 0 saturated heterocycles. The molecule has 0 aromatic heterocycles. The monoisotopic (exact) mass is 594 g/mol. The van der Waals surface area contributed by atoms with E-state index in [2.05, 4.69) is 10.0 Å². The van der Waals surface area contributed by atoms with E-state index in [1.807, 2.05) is 0 Å². The van der Waals surface area contributed by atoms with Crippen molar-refractivity contribution in [3.8, 4) is 0 Å². The summed E-state index contributed by atoms with van der Waals surface area (Å²) in [6, 6.07) is 11.9. The molecule has 0 spiro atoms. The number of hydrogen-bond acceptors (Lipinski definition) is 4. The highest BCUT2D eigenvalue weighted by Crippen LogP contribution is 2.58. The number of carbonyl (C=O) groups is 1. The number of aryl methyl sites for hydroxylation is 1. The van der Waals surface area contributed by atoms with Crippen LogP contribution in [0.25, 0.3) is 0 Å². The standard InChI is InChI=1S/C19H13Cl7N2O3S/c1-10-2-8-13(9-3-10)32(30,31)28-18(27-12-6-4-11(20)5-7-12)15(22)14(21)16(29)17(23,24)19(18,25)26/h2-9,27-28H,1H3/t18-/m1/s1. The predicted molar refractivity (Wildman–Crippen MR) is 132 cm³/mol. The third-order valence-electron chi connectivity index (χ3n) is 4.67. The second-order valence-electron chi connectivity index (χ2n) is 6.91. The van der Waals surface area contributed by atoms with Gasteiger partial charge in [0.15, 0.2) is 5.66 Å². The molecular weight excluding hydrogens is 584 g/mol. The van der Waals surface area contributed by atoms with E-state index < -0.39 is 40.2 Å². The number of alkyl halides is 4. The molecule has 0 saturated carbocycles. The van der Waals surface area contributed by atoms with E-state index in [9.17, 15) is 13.2 Å². The number of allylic oxidation sites excluding steroid dienone is 1. The van der Waals surface area contributed by atoms with Gasteiger partial charge in [0.1, 0.15) is 5.03 Å². The second kappa shape index (κ2) is 8.99. The first-order valence-electron chi connectivity index (χ1n) is 8.66. The van der Waals surface area contributed by atoms with Gasteiger partial charge in [-0.1, -0.05) is 98.9 Å². The van der Waals surface area contributed by atoms with Crippen LogP contribution in [0.5, 0.6) is 0 Å². The molecule has 2 N–H and O–H groups in total. The Bertz CT molecular complexity index is 1200. The molecule has 1 atom stereocenters. The normalized spacial score (nSPS) is 22.7. The van der Waals surface area contributed by atoms with Crippen LogP contribution in [0.15, 0.2) is 63.5 Å². The third kappa shape index (κ3) is 4.35. The first kappa shape index (κ1) is 26.2. The molecule has 0 unspecified atom stereocenters. The van der Waals surface area contributed by atoms with E-state index in [1.54, 1.807) is 19.1 Å². The van der Waals surface area contributed by atoms with Gasteiger partial charge in [0, 0.05) is 10.7 Å². The Hall–Kier alpha value is -0.410. The van der Waals surface area contributed by atoms with Crippen molar-refractivity contribution in [1.82, 2.24) is 4.72 Å². The number of ketones is 1. The molecule has 0 radical (unpaired) electrons. The summed E-state index contributed by atoms with van der Waals surface area (Å²) in [5.41, 5.74) is -1.29. The fourth-order valence-electron chi connectivity index (χ4n) is 2.91. The summed E-state index contributed by atoms with van der Waals surface area (Å²) < 4.78 is 23.8. The van der Waals surface area contributed by atoms with Crippen LogP contribution in [0.3, 0.4) is 0 Å². The fourth-order valence-corrected chi connectivity index (χ4v) is 6.35. The van der Waals surface area contributed by atoms with E-state index in [0.717, 1.165) is 5.56 Å². The Morgan fingerprint density at radius 1 is 0.844 bits per heavy atom. The molecule has 2 aromatic carbocycles. The quantitative estimate of drug-likeness (QED) is 0.311. The average molecular weight is 598 g/mol. The Morgan fingerprint density at radius 3 is 1.91 bits per heavy atom. The fraction of sp³-hybridized carbons (Fsp3) is 0.211. The molecule has 0 bridgehead atoms. The molecular formula is C19H13Cl7N2O3S. The Labute approximate surface area is 219 Å². The lowest BCUT2D eigenvalue weighted by atomic mass is 9.92. The van der Waals surface area contributed by atoms with Crippen molar-refractivity contribution in [1.29, 1.82) is 0 Å². The maximum absolute atomic E-state index is 13.3. The number of anilines is 1. The lowest BCUT2D eigenvalue weighted by Gasteiger charge is -2.50. The molecule has 5 nitrogen and oxygen atoms in total. The number of halogens is 7. The molecule has 1 aliphatic rings. The lowest BCUT2D eigenvalue weighted by molar-refractivity contribution is -0.116. The van der Waals surface area contributed by atoms with Gasteiger partial charge in [-0.15, -0.1) is 0 Å². The summed E-state index contributed by atoms with van der Waals surface area (Å²) in [7, 11) is -4.37. The highest BCUT2D eigenvalue weighted by molar-refractivity contribution is 7.89. The van der Waals surface area contributed by atoms with Gasteiger partial charge in [-0.25, -0.2) is 8.42 Å². The van der Waals surface area contributed by atoms with Gasteiger partial charge >= 0.3 is 0 Å². The molecule has 0 amide bonds. The molecule has 0 fully saturated rings. The Morgan fingerprint density at radius 2 is 1.38 bits per heavy atom. The van der Waals surface area contributed by atoms with Crippen LogP contribution >= 0.6 is 81.2 Å². The lowest BCUT2D eigenvalue weighted by Crippen LogP contribution is -2.73. The summed E-state index contributed by atoms with van der Waals surface area (Å²) in [5, 5.41) is 1.99. The number of sulfonamides is 1. The van der Waals surface area contributed by atoms with Crippen LogP contribution in [0.1, 0.15) is 5.56 Å². The largest absolute Gasteiger partial charge is 0.359 e. The van der Waals surface area contributed by atoms with Crippen LogP contribution in [0.4, 0.5) is 5.69 Å². The van der Waals surface area contributed by atoms with Crippen LogP contribution in [-0.2, 0) is 14.8 Å². The molecule has 0 heterocycles. The topological polar surface area (TPSA) is 75.3 Å². The van der Waals surface area contributed by atoms with Crippen molar-refractivity contribution in [3.63, 3.8) is 0 Å². The van der Waals surface area contributed by atoms with Crippen molar-refractivity contribution in [3.05, 3.63) is 69.2 Å². The predicted octanol–water partition coefficient (Wildman–Crippen LogP) is 6.35. The number of benzene rings is 2. The number of carbonyl (C=O) groups excluding carboxylic acids is 1. The maximum Gasteiger partial charge on any atom is 0.242 e. The zero-order valence-corrected chi connectivity index (χ0v) is 22.0. The summed E-state index contributed by atoms with van der Waals surface area (Å²) >= 11 is 44.0. The second-order valence-corrected chi connectivity index (χ2v) is 12.4. The first-order chi connectivity index (χ1) is 14.7. The van der Waals surface area contributed by atoms with Crippen LogP contribution in [0.2, 0.25) is 5.02 Å². The minimum absolute atomic E-state index is 0.142. The van der Waals surface area contributed by atoms with Gasteiger partial charge in [0.05, 0.1) is 9.93 Å². The summed E-state index contributed by atoms with van der Waals surface area (Å²) in [6.07, 6.45) is 0. The third-order valence-corrected chi connectivity index (χ3v) is 9.75. The van der Waals surface area contributed by atoms with Crippen molar-refractivity contribution in [2.24, 2.45) is 0 Å². The summed E-state index contributed by atoms with van der Waals surface area (Å²) in [6.45, 7) is 1.79. The number of nitrogens with one attached hydrogen (secondary N) is 2. The van der Waals surface area contributed by atoms with E-state index in [0.29, 0.717) is 5.02 Å². The summed E-state index contributed by atoms with van der Waals surface area (Å²) in [5.74, 6) is -1.10. The summed E-state index contributed by atoms with van der Waals surface area (Å²) in [4.78, 5) is 12.5. The Kier molecular flexibility index (Phi) is 7.36. The van der Waals surface area contributed by atoms with E-state index >= 15 is 0 Å². The van der Waals surface area contributed by atoms with Crippen LogP contribution in [0, 0.1) is 6.92 Å². The van der Waals surface area contributed by atoms with Crippen molar-refractivity contribution in [2.75, 3.05) is 5.32 Å². The number of rotatable bonds is 5. The van der Waals surface area contributed by atoms with Crippen LogP contribution < -0.4 is 10.0 Å². The van der Waals surface area contributed by atoms with Gasteiger partial charge < -0.3 is 5.32 Å². The number of Topliss-reactive ketones (excluding diaryl/α,β-unsaturated/α-hetero) is 1.